The van der Waals surface area contributed by atoms with Crippen LogP contribution in [0.5, 0.6) is 5.75 Å². The number of pyridine rings is 1. The summed E-state index contributed by atoms with van der Waals surface area (Å²) in [6.45, 7) is 1.44. The van der Waals surface area contributed by atoms with Crippen molar-refractivity contribution in [2.45, 2.75) is 25.7 Å². The Morgan fingerprint density at radius 2 is 2.09 bits per heavy atom. The average molecular weight is 479 g/mol. The fourth-order valence-electron chi connectivity index (χ4n) is 4.76. The van der Waals surface area contributed by atoms with Crippen molar-refractivity contribution in [2.75, 3.05) is 26.7 Å². The van der Waals surface area contributed by atoms with Crippen molar-refractivity contribution in [3.8, 4) is 17.6 Å². The van der Waals surface area contributed by atoms with Gasteiger partial charge in [-0.2, -0.15) is 0 Å². The third-order valence-electron chi connectivity index (χ3n) is 6.67. The van der Waals surface area contributed by atoms with E-state index < -0.39 is 23.5 Å². The number of benzene rings is 2. The Morgan fingerprint density at radius 1 is 1.23 bits per heavy atom. The van der Waals surface area contributed by atoms with Crippen LogP contribution in [-0.4, -0.2) is 47.7 Å². The minimum Gasteiger partial charge on any atom is -0.497 e. The number of methoxy groups -OCH3 is 1. The lowest BCUT2D eigenvalue weighted by Gasteiger charge is -2.35. The summed E-state index contributed by atoms with van der Waals surface area (Å²) < 4.78 is 32.4. The normalized spacial score (nSPS) is 18.1. The number of carboxylic acid groups (broad SMARTS) is 1. The number of aromatic nitrogens is 1. The van der Waals surface area contributed by atoms with Crippen LogP contribution in [0.2, 0.25) is 0 Å². The molecule has 2 aromatic carbocycles. The molecule has 0 unspecified atom stereocenters. The van der Waals surface area contributed by atoms with E-state index in [1.54, 1.807) is 13.3 Å². The van der Waals surface area contributed by atoms with E-state index in [9.17, 15) is 18.7 Å². The van der Waals surface area contributed by atoms with E-state index in [0.717, 1.165) is 67.1 Å². The number of carbonyl (C=O) groups is 1. The lowest BCUT2D eigenvalue weighted by atomic mass is 9.81. The van der Waals surface area contributed by atoms with Gasteiger partial charge in [-0.3, -0.25) is 14.7 Å². The van der Waals surface area contributed by atoms with Gasteiger partial charge in [-0.15, -0.1) is 0 Å². The maximum absolute atomic E-state index is 13.7. The average Bonchev–Trinajstić information content (AvgIpc) is 2.86. The highest BCUT2D eigenvalue weighted by Crippen LogP contribution is 2.30. The van der Waals surface area contributed by atoms with E-state index in [2.05, 4.69) is 16.8 Å². The minimum absolute atomic E-state index is 0.0101. The second-order valence-corrected chi connectivity index (χ2v) is 8.90. The number of aliphatic carboxylic acids is 1. The number of hydrogen-bond acceptors (Lipinski definition) is 4. The van der Waals surface area contributed by atoms with Crippen LogP contribution in [0.15, 0.2) is 48.7 Å². The first kappa shape index (κ1) is 24.6. The van der Waals surface area contributed by atoms with Gasteiger partial charge in [0.1, 0.15) is 17.4 Å². The summed E-state index contributed by atoms with van der Waals surface area (Å²) in [5.41, 5.74) is 2.10. The summed E-state index contributed by atoms with van der Waals surface area (Å²) in [7, 11) is 1.64. The van der Waals surface area contributed by atoms with Crippen LogP contribution in [0.4, 0.5) is 8.78 Å². The Morgan fingerprint density at radius 3 is 2.89 bits per heavy atom. The first-order valence-electron chi connectivity index (χ1n) is 11.8. The SMILES string of the molecule is COc1ccc2nccc(CCC[C@@H]3CCN(CC#Cc4cc(F)ccc4F)C[C@@H]3C(=O)O)c2c1. The third-order valence-corrected chi connectivity index (χ3v) is 6.67. The monoisotopic (exact) mass is 478 g/mol. The van der Waals surface area contributed by atoms with Gasteiger partial charge in [-0.1, -0.05) is 11.8 Å². The summed E-state index contributed by atoms with van der Waals surface area (Å²) >= 11 is 0. The Hall–Kier alpha value is -3.50. The molecule has 1 aliphatic rings. The number of rotatable bonds is 7. The molecule has 0 spiro atoms. The van der Waals surface area contributed by atoms with Gasteiger partial charge in [0.2, 0.25) is 0 Å². The number of likely N-dealkylation sites (tertiary alicyclic amines) is 1. The zero-order valence-corrected chi connectivity index (χ0v) is 19.6. The van der Waals surface area contributed by atoms with Crippen molar-refractivity contribution in [3.63, 3.8) is 0 Å². The zero-order valence-electron chi connectivity index (χ0n) is 19.6. The molecule has 4 rings (SSSR count). The molecule has 5 nitrogen and oxygen atoms in total. The Labute approximate surface area is 203 Å². The molecule has 0 amide bonds. The van der Waals surface area contributed by atoms with Crippen LogP contribution in [-0.2, 0) is 11.2 Å². The Kier molecular flexibility index (Phi) is 7.94. The fraction of sp³-hybridized carbons (Fsp3) is 0.357. The molecule has 1 saturated heterocycles. The Bertz CT molecular complexity index is 1270. The molecular formula is C28H28F2N2O3. The first-order chi connectivity index (χ1) is 16.9. The first-order valence-corrected chi connectivity index (χ1v) is 11.8. The highest BCUT2D eigenvalue weighted by Gasteiger charge is 2.33. The molecule has 7 heteroatoms. The topological polar surface area (TPSA) is 62.7 Å². The molecule has 0 saturated carbocycles. The molecule has 0 radical (unpaired) electrons. The fourth-order valence-corrected chi connectivity index (χ4v) is 4.76. The number of halogens is 2. The van der Waals surface area contributed by atoms with Crippen LogP contribution in [0, 0.1) is 35.3 Å². The van der Waals surface area contributed by atoms with Gasteiger partial charge in [0, 0.05) is 18.1 Å². The molecule has 2 heterocycles. The molecule has 0 aliphatic carbocycles. The van der Waals surface area contributed by atoms with Crippen LogP contribution < -0.4 is 4.74 Å². The minimum atomic E-state index is -0.803. The molecule has 0 bridgehead atoms. The largest absolute Gasteiger partial charge is 0.497 e. The van der Waals surface area contributed by atoms with Gasteiger partial charge < -0.3 is 9.84 Å². The molecular weight excluding hydrogens is 450 g/mol. The number of hydrogen-bond donors (Lipinski definition) is 1. The molecule has 182 valence electrons. The number of nitrogens with zero attached hydrogens (tertiary/aromatic N) is 2. The van der Waals surface area contributed by atoms with Gasteiger partial charge in [-0.05, 0) is 86.2 Å². The molecule has 1 aliphatic heterocycles. The van der Waals surface area contributed by atoms with Crippen molar-refractivity contribution in [1.82, 2.24) is 9.88 Å². The van der Waals surface area contributed by atoms with Crippen LogP contribution in [0.3, 0.4) is 0 Å². The summed E-state index contributed by atoms with van der Waals surface area (Å²) in [4.78, 5) is 18.4. The zero-order chi connectivity index (χ0) is 24.8. The van der Waals surface area contributed by atoms with Crippen molar-refractivity contribution >= 4 is 16.9 Å². The van der Waals surface area contributed by atoms with E-state index >= 15 is 0 Å². The summed E-state index contributed by atoms with van der Waals surface area (Å²) in [5.74, 6) is 4.00. The number of aryl methyl sites for hydroxylation is 1. The quantitative estimate of drug-likeness (QED) is 0.489. The van der Waals surface area contributed by atoms with Gasteiger partial charge in [0.25, 0.3) is 0 Å². The smallest absolute Gasteiger partial charge is 0.308 e. The molecule has 1 N–H and O–H groups in total. The highest BCUT2D eigenvalue weighted by molar-refractivity contribution is 5.83. The Balaban J connectivity index is 1.35. The van der Waals surface area contributed by atoms with Crippen LogP contribution in [0.1, 0.15) is 30.4 Å². The van der Waals surface area contributed by atoms with E-state index in [4.69, 9.17) is 4.74 Å². The van der Waals surface area contributed by atoms with Crippen LogP contribution in [0.25, 0.3) is 10.9 Å². The number of ether oxygens (including phenoxy) is 1. The summed E-state index contributed by atoms with van der Waals surface area (Å²) in [6.07, 6.45) is 5.10. The number of carboxylic acids is 1. The predicted molar refractivity (Wildman–Crippen MR) is 130 cm³/mol. The van der Waals surface area contributed by atoms with Gasteiger partial charge in [0.15, 0.2) is 0 Å². The van der Waals surface area contributed by atoms with E-state index in [1.807, 2.05) is 29.2 Å². The van der Waals surface area contributed by atoms with Crippen molar-refractivity contribution in [3.05, 3.63) is 71.4 Å². The molecule has 1 aromatic heterocycles. The van der Waals surface area contributed by atoms with E-state index in [-0.39, 0.29) is 11.5 Å². The van der Waals surface area contributed by atoms with Gasteiger partial charge in [0.05, 0.1) is 30.7 Å². The van der Waals surface area contributed by atoms with Crippen molar-refractivity contribution in [2.24, 2.45) is 11.8 Å². The second-order valence-electron chi connectivity index (χ2n) is 8.90. The maximum Gasteiger partial charge on any atom is 0.308 e. The molecule has 1 fully saturated rings. The lowest BCUT2D eigenvalue weighted by molar-refractivity contribution is -0.146. The third kappa shape index (κ3) is 6.14. The molecule has 3 aromatic rings. The standard InChI is InChI=1S/C28H28F2N2O3/c1-35-23-8-10-27-24(17-23)19(11-13-31-27)4-2-5-20-12-15-32(18-25(20)28(33)34)14-3-6-21-16-22(29)7-9-26(21)30/h7-11,13,16-17,20,25H,2,4-5,12,14-15,18H2,1H3,(H,33,34)/t20-,25+/m1/s1. The number of piperidine rings is 1. The summed E-state index contributed by atoms with van der Waals surface area (Å²) in [5, 5.41) is 10.9. The van der Waals surface area contributed by atoms with Crippen LogP contribution >= 0.6 is 0 Å². The van der Waals surface area contributed by atoms with Gasteiger partial charge in [-0.25, -0.2) is 8.78 Å². The maximum atomic E-state index is 13.7. The van der Waals surface area contributed by atoms with E-state index in [1.165, 1.54) is 5.56 Å². The predicted octanol–water partition coefficient (Wildman–Crippen LogP) is 4.92. The van der Waals surface area contributed by atoms with Crippen molar-refractivity contribution in [1.29, 1.82) is 0 Å². The van der Waals surface area contributed by atoms with Crippen molar-refractivity contribution < 1.29 is 23.4 Å². The van der Waals surface area contributed by atoms with Gasteiger partial charge >= 0.3 is 5.97 Å². The molecule has 35 heavy (non-hydrogen) atoms. The van der Waals surface area contributed by atoms with E-state index in [0.29, 0.717) is 13.1 Å². The number of fused-ring (bicyclic) bond motifs is 1. The molecule has 2 atom stereocenters. The lowest BCUT2D eigenvalue weighted by Crippen LogP contribution is -2.44. The highest BCUT2D eigenvalue weighted by atomic mass is 19.1. The second kappa shape index (κ2) is 11.3. The summed E-state index contributed by atoms with van der Waals surface area (Å²) in [6, 6.07) is 11.0.